The summed E-state index contributed by atoms with van der Waals surface area (Å²) >= 11 is 1.78. The zero-order valence-electron chi connectivity index (χ0n) is 12.3. The van der Waals surface area contributed by atoms with Gasteiger partial charge in [0.1, 0.15) is 5.01 Å². The van der Waals surface area contributed by atoms with Gasteiger partial charge < -0.3 is 10.1 Å². The van der Waals surface area contributed by atoms with Crippen LogP contribution in [0, 0.1) is 0 Å². The average molecular weight is 270 g/mol. The molecule has 0 bridgehead atoms. The Labute approximate surface area is 115 Å². The molecule has 0 aromatic carbocycles. The number of ether oxygens (including phenoxy) is 1. The number of aryl methyl sites for hydroxylation is 1. The number of hydrogen-bond acceptors (Lipinski definition) is 4. The van der Waals surface area contributed by atoms with Gasteiger partial charge in [0.25, 0.3) is 0 Å². The molecule has 1 heterocycles. The predicted molar refractivity (Wildman–Crippen MR) is 78.0 cm³/mol. The molecule has 0 aliphatic heterocycles. The summed E-state index contributed by atoms with van der Waals surface area (Å²) in [5.74, 6) is 0. The summed E-state index contributed by atoms with van der Waals surface area (Å²) < 4.78 is 5.55. The van der Waals surface area contributed by atoms with Crippen molar-refractivity contribution in [3.63, 3.8) is 0 Å². The fourth-order valence-electron chi connectivity index (χ4n) is 1.56. The highest BCUT2D eigenvalue weighted by Crippen LogP contribution is 2.21. The maximum Gasteiger partial charge on any atom is 0.119 e. The van der Waals surface area contributed by atoms with Crippen LogP contribution >= 0.6 is 11.3 Å². The minimum atomic E-state index is 0.147. The zero-order valence-corrected chi connectivity index (χ0v) is 13.1. The first-order chi connectivity index (χ1) is 8.46. The summed E-state index contributed by atoms with van der Waals surface area (Å²) in [6.45, 7) is 13.2. The molecule has 0 saturated heterocycles. The van der Waals surface area contributed by atoms with E-state index in [1.807, 2.05) is 0 Å². The van der Waals surface area contributed by atoms with E-state index >= 15 is 0 Å². The number of aromatic nitrogens is 1. The Hall–Kier alpha value is -0.450. The molecule has 18 heavy (non-hydrogen) atoms. The molecule has 4 heteroatoms. The van der Waals surface area contributed by atoms with Gasteiger partial charge in [-0.1, -0.05) is 13.8 Å². The lowest BCUT2D eigenvalue weighted by molar-refractivity contribution is 0.121. The number of nitrogens with one attached hydrogen (secondary N) is 1. The van der Waals surface area contributed by atoms with Crippen molar-refractivity contribution >= 4 is 11.3 Å². The summed E-state index contributed by atoms with van der Waals surface area (Å²) in [5, 5.41) is 4.63. The molecule has 104 valence electrons. The molecule has 0 aliphatic rings. The first kappa shape index (κ1) is 15.6. The number of nitrogens with zero attached hydrogens (tertiary/aromatic N) is 1. The van der Waals surface area contributed by atoms with Crippen LogP contribution in [0.15, 0.2) is 0 Å². The van der Waals surface area contributed by atoms with E-state index in [9.17, 15) is 0 Å². The molecule has 1 rings (SSSR count). The fraction of sp³-hybridized carbons (Fsp3) is 0.786. The van der Waals surface area contributed by atoms with Crippen molar-refractivity contribution in [3.8, 4) is 0 Å². The Morgan fingerprint density at radius 3 is 2.56 bits per heavy atom. The summed E-state index contributed by atoms with van der Waals surface area (Å²) in [5.41, 5.74) is 1.36. The van der Waals surface area contributed by atoms with Crippen molar-refractivity contribution in [2.75, 3.05) is 6.61 Å². The van der Waals surface area contributed by atoms with Crippen molar-refractivity contribution in [1.82, 2.24) is 10.3 Å². The largest absolute Gasteiger partial charge is 0.374 e. The summed E-state index contributed by atoms with van der Waals surface area (Å²) in [4.78, 5) is 6.00. The SMILES string of the molecule is CCCOCc1nc(CC)c(CNC(C)(C)C)s1. The van der Waals surface area contributed by atoms with E-state index in [-0.39, 0.29) is 5.54 Å². The highest BCUT2D eigenvalue weighted by molar-refractivity contribution is 7.11. The van der Waals surface area contributed by atoms with E-state index in [2.05, 4.69) is 44.9 Å². The van der Waals surface area contributed by atoms with Crippen molar-refractivity contribution in [2.45, 2.75) is 66.2 Å². The lowest BCUT2D eigenvalue weighted by Crippen LogP contribution is -2.35. The number of thiazole rings is 1. The summed E-state index contributed by atoms with van der Waals surface area (Å²) in [6, 6.07) is 0. The third-order valence-electron chi connectivity index (χ3n) is 2.51. The lowest BCUT2D eigenvalue weighted by Gasteiger charge is -2.20. The standard InChI is InChI=1S/C14H26N2OS/c1-6-8-17-10-13-16-11(7-2)12(18-13)9-15-14(3,4)5/h15H,6-10H2,1-5H3. The summed E-state index contributed by atoms with van der Waals surface area (Å²) in [6.07, 6.45) is 2.05. The van der Waals surface area contributed by atoms with Gasteiger partial charge in [-0.3, -0.25) is 0 Å². The first-order valence-corrected chi connectivity index (χ1v) is 7.58. The van der Waals surface area contributed by atoms with E-state index in [1.165, 1.54) is 10.6 Å². The molecule has 0 spiro atoms. The number of rotatable bonds is 7. The van der Waals surface area contributed by atoms with Crippen LogP contribution in [0.2, 0.25) is 0 Å². The van der Waals surface area contributed by atoms with Gasteiger partial charge in [0.05, 0.1) is 12.3 Å². The molecule has 0 saturated carbocycles. The van der Waals surface area contributed by atoms with E-state index in [4.69, 9.17) is 4.74 Å². The minimum absolute atomic E-state index is 0.147. The molecule has 0 radical (unpaired) electrons. The normalized spacial score (nSPS) is 12.1. The Bertz CT molecular complexity index is 355. The van der Waals surface area contributed by atoms with Crippen molar-refractivity contribution in [2.24, 2.45) is 0 Å². The number of hydrogen-bond donors (Lipinski definition) is 1. The van der Waals surface area contributed by atoms with E-state index < -0.39 is 0 Å². The molecule has 3 nitrogen and oxygen atoms in total. The van der Waals surface area contributed by atoms with Gasteiger partial charge in [-0.2, -0.15) is 0 Å². The molecule has 0 unspecified atom stereocenters. The van der Waals surface area contributed by atoms with Crippen LogP contribution in [0.25, 0.3) is 0 Å². The third-order valence-corrected chi connectivity index (χ3v) is 3.58. The Kier molecular flexibility index (Phi) is 6.26. The molecule has 1 aromatic heterocycles. The molecule has 1 N–H and O–H groups in total. The molecule has 0 amide bonds. The average Bonchev–Trinajstić information content (AvgIpc) is 2.68. The first-order valence-electron chi connectivity index (χ1n) is 6.76. The van der Waals surface area contributed by atoms with Crippen LogP contribution in [0.3, 0.4) is 0 Å². The maximum absolute atomic E-state index is 5.55. The van der Waals surface area contributed by atoms with Gasteiger partial charge in [0.15, 0.2) is 0 Å². The Morgan fingerprint density at radius 2 is 2.00 bits per heavy atom. The highest BCUT2D eigenvalue weighted by Gasteiger charge is 2.13. The smallest absolute Gasteiger partial charge is 0.119 e. The quantitative estimate of drug-likeness (QED) is 0.770. The lowest BCUT2D eigenvalue weighted by atomic mass is 10.1. The van der Waals surface area contributed by atoms with Crippen LogP contribution in [-0.4, -0.2) is 17.1 Å². The van der Waals surface area contributed by atoms with Crippen LogP contribution < -0.4 is 5.32 Å². The van der Waals surface area contributed by atoms with Gasteiger partial charge in [0, 0.05) is 23.6 Å². The molecule has 0 fully saturated rings. The van der Waals surface area contributed by atoms with Gasteiger partial charge in [-0.15, -0.1) is 11.3 Å². The van der Waals surface area contributed by atoms with Crippen LogP contribution in [-0.2, 0) is 24.3 Å². The monoisotopic (exact) mass is 270 g/mol. The summed E-state index contributed by atoms with van der Waals surface area (Å²) in [7, 11) is 0. The van der Waals surface area contributed by atoms with Crippen molar-refractivity contribution in [3.05, 3.63) is 15.6 Å². The maximum atomic E-state index is 5.55. The second kappa shape index (κ2) is 7.22. The molecule has 1 aromatic rings. The second-order valence-electron chi connectivity index (χ2n) is 5.49. The Morgan fingerprint density at radius 1 is 1.28 bits per heavy atom. The van der Waals surface area contributed by atoms with Crippen LogP contribution in [0.4, 0.5) is 0 Å². The molecular formula is C14H26N2OS. The fourth-order valence-corrected chi connectivity index (χ4v) is 2.60. The van der Waals surface area contributed by atoms with Crippen LogP contribution in [0.1, 0.15) is 56.6 Å². The van der Waals surface area contributed by atoms with Gasteiger partial charge in [-0.25, -0.2) is 4.98 Å². The van der Waals surface area contributed by atoms with Gasteiger partial charge in [-0.05, 0) is 33.6 Å². The van der Waals surface area contributed by atoms with Crippen LogP contribution in [0.5, 0.6) is 0 Å². The zero-order chi connectivity index (χ0) is 13.6. The Balaban J connectivity index is 2.60. The van der Waals surface area contributed by atoms with E-state index in [0.717, 1.165) is 31.0 Å². The highest BCUT2D eigenvalue weighted by atomic mass is 32.1. The predicted octanol–water partition coefficient (Wildman–Crippen LogP) is 3.52. The van der Waals surface area contributed by atoms with E-state index in [0.29, 0.717) is 6.61 Å². The van der Waals surface area contributed by atoms with E-state index in [1.54, 1.807) is 11.3 Å². The third kappa shape index (κ3) is 5.46. The minimum Gasteiger partial charge on any atom is -0.374 e. The molecule has 0 atom stereocenters. The second-order valence-corrected chi connectivity index (χ2v) is 6.66. The van der Waals surface area contributed by atoms with Crippen molar-refractivity contribution in [1.29, 1.82) is 0 Å². The van der Waals surface area contributed by atoms with Gasteiger partial charge in [0.2, 0.25) is 0 Å². The molecular weight excluding hydrogens is 244 g/mol. The van der Waals surface area contributed by atoms with Crippen molar-refractivity contribution < 1.29 is 4.74 Å². The molecule has 0 aliphatic carbocycles. The topological polar surface area (TPSA) is 34.1 Å². The van der Waals surface area contributed by atoms with Gasteiger partial charge >= 0.3 is 0 Å².